The molecule has 0 spiro atoms. The van der Waals surface area contributed by atoms with Crippen LogP contribution in [-0.2, 0) is 4.79 Å². The van der Waals surface area contributed by atoms with Crippen LogP contribution in [-0.4, -0.2) is 34.9 Å². The van der Waals surface area contributed by atoms with Gasteiger partial charge in [0.25, 0.3) is 0 Å². The number of aliphatic hydroxyl groups is 2. The summed E-state index contributed by atoms with van der Waals surface area (Å²) in [6, 6.07) is -0.637. The Kier molecular flexibility index (Phi) is 40.9. The normalized spacial score (nSPS) is 13.6. The number of rotatable bonds is 39. The van der Waals surface area contributed by atoms with Crippen molar-refractivity contribution in [3.63, 3.8) is 0 Å². The van der Waals surface area contributed by atoms with Crippen molar-refractivity contribution in [3.8, 4) is 0 Å². The van der Waals surface area contributed by atoms with Crippen molar-refractivity contribution >= 4 is 5.91 Å². The van der Waals surface area contributed by atoms with Crippen LogP contribution in [0, 0.1) is 0 Å². The SMILES string of the molecule is CCCC/C=C/CC/C=C/C(O)C(CO)NC(=O)CCCCCCCCCCCCCCCCCC/C=C\C/C=C\C/C=C\CCCCCCC. The Bertz CT molecular complexity index is 858. The minimum Gasteiger partial charge on any atom is -0.394 e. The largest absolute Gasteiger partial charge is 0.394 e. The third-order valence-corrected chi connectivity index (χ3v) is 9.72. The number of hydrogen-bond donors (Lipinski definition) is 3. The van der Waals surface area contributed by atoms with Gasteiger partial charge in [-0.25, -0.2) is 0 Å². The molecule has 0 aliphatic rings. The van der Waals surface area contributed by atoms with Crippen LogP contribution in [0.15, 0.2) is 60.8 Å². The molecule has 296 valence electrons. The topological polar surface area (TPSA) is 69.6 Å². The zero-order chi connectivity index (χ0) is 37.1. The van der Waals surface area contributed by atoms with Crippen molar-refractivity contribution in [1.29, 1.82) is 0 Å². The van der Waals surface area contributed by atoms with Crippen molar-refractivity contribution in [2.75, 3.05) is 6.61 Å². The maximum atomic E-state index is 12.3. The van der Waals surface area contributed by atoms with Crippen molar-refractivity contribution < 1.29 is 15.0 Å². The second-order valence-electron chi connectivity index (χ2n) is 14.8. The maximum Gasteiger partial charge on any atom is 0.220 e. The summed E-state index contributed by atoms with van der Waals surface area (Å²) >= 11 is 0. The molecule has 0 saturated carbocycles. The smallest absolute Gasteiger partial charge is 0.220 e. The summed E-state index contributed by atoms with van der Waals surface area (Å²) < 4.78 is 0. The van der Waals surface area contributed by atoms with Gasteiger partial charge in [0.15, 0.2) is 0 Å². The number of carbonyl (C=O) groups is 1. The summed E-state index contributed by atoms with van der Waals surface area (Å²) in [6.07, 6.45) is 59.3. The minimum atomic E-state index is -0.860. The quantitative estimate of drug-likeness (QED) is 0.0439. The molecule has 0 rings (SSSR count). The Hall–Kier alpha value is -1.91. The van der Waals surface area contributed by atoms with E-state index >= 15 is 0 Å². The van der Waals surface area contributed by atoms with Crippen molar-refractivity contribution in [2.45, 2.75) is 225 Å². The van der Waals surface area contributed by atoms with E-state index < -0.39 is 12.1 Å². The standard InChI is InChI=1S/C47H85NO3/c1-3-5-7-9-11-13-14-15-16-17-18-19-20-21-22-23-24-25-26-27-28-29-30-31-32-33-34-35-37-39-41-43-47(51)48-45(44-49)46(50)42-40-38-36-12-10-8-6-4-2/h10,12,14-15,17-18,20-21,40,42,45-46,49-50H,3-9,11,13,16,19,22-39,41,43-44H2,1-2H3,(H,48,51)/b12-10+,15-14-,18-17-,21-20-,42-40+. The summed E-state index contributed by atoms with van der Waals surface area (Å²) in [4.78, 5) is 12.3. The van der Waals surface area contributed by atoms with Gasteiger partial charge in [0, 0.05) is 6.42 Å². The fourth-order valence-electron chi connectivity index (χ4n) is 6.30. The van der Waals surface area contributed by atoms with Gasteiger partial charge < -0.3 is 15.5 Å². The van der Waals surface area contributed by atoms with E-state index in [1.54, 1.807) is 6.08 Å². The van der Waals surface area contributed by atoms with E-state index in [1.165, 1.54) is 148 Å². The number of allylic oxidation sites excluding steroid dienone is 9. The summed E-state index contributed by atoms with van der Waals surface area (Å²) in [5, 5.41) is 22.8. The zero-order valence-corrected chi connectivity index (χ0v) is 33.9. The Morgan fingerprint density at radius 1 is 0.471 bits per heavy atom. The van der Waals surface area contributed by atoms with E-state index in [-0.39, 0.29) is 12.5 Å². The molecule has 0 aromatic rings. The second-order valence-corrected chi connectivity index (χ2v) is 14.8. The van der Waals surface area contributed by atoms with E-state index in [2.05, 4.69) is 67.8 Å². The average molecular weight is 712 g/mol. The van der Waals surface area contributed by atoms with Crippen LogP contribution in [0.25, 0.3) is 0 Å². The molecule has 0 radical (unpaired) electrons. The first-order chi connectivity index (χ1) is 25.2. The highest BCUT2D eigenvalue weighted by Gasteiger charge is 2.17. The molecule has 0 aromatic heterocycles. The van der Waals surface area contributed by atoms with Crippen molar-refractivity contribution in [3.05, 3.63) is 60.8 Å². The van der Waals surface area contributed by atoms with Crippen molar-refractivity contribution in [1.82, 2.24) is 5.32 Å². The molecular weight excluding hydrogens is 627 g/mol. The summed E-state index contributed by atoms with van der Waals surface area (Å²) in [5.74, 6) is -0.0790. The fraction of sp³-hybridized carbons (Fsp3) is 0.766. The van der Waals surface area contributed by atoms with Crippen LogP contribution in [0.1, 0.15) is 213 Å². The number of hydrogen-bond acceptors (Lipinski definition) is 3. The molecule has 51 heavy (non-hydrogen) atoms. The van der Waals surface area contributed by atoms with Gasteiger partial charge in [-0.05, 0) is 64.2 Å². The van der Waals surface area contributed by atoms with Gasteiger partial charge in [0.2, 0.25) is 5.91 Å². The lowest BCUT2D eigenvalue weighted by molar-refractivity contribution is -0.123. The van der Waals surface area contributed by atoms with Crippen LogP contribution in [0.3, 0.4) is 0 Å². The van der Waals surface area contributed by atoms with E-state index in [0.717, 1.165) is 44.9 Å². The van der Waals surface area contributed by atoms with Gasteiger partial charge >= 0.3 is 0 Å². The number of nitrogens with one attached hydrogen (secondary N) is 1. The second kappa shape index (κ2) is 42.5. The molecule has 3 N–H and O–H groups in total. The molecule has 0 aromatic carbocycles. The van der Waals surface area contributed by atoms with Gasteiger partial charge in [-0.3, -0.25) is 4.79 Å². The third-order valence-electron chi connectivity index (χ3n) is 9.72. The lowest BCUT2D eigenvalue weighted by Gasteiger charge is -2.19. The third kappa shape index (κ3) is 39.1. The van der Waals surface area contributed by atoms with E-state index in [4.69, 9.17) is 0 Å². The monoisotopic (exact) mass is 712 g/mol. The highest BCUT2D eigenvalue weighted by atomic mass is 16.3. The van der Waals surface area contributed by atoms with Crippen LogP contribution in [0.2, 0.25) is 0 Å². The molecule has 0 aliphatic heterocycles. The Morgan fingerprint density at radius 3 is 1.33 bits per heavy atom. The van der Waals surface area contributed by atoms with Gasteiger partial charge in [0.1, 0.15) is 0 Å². The predicted octanol–water partition coefficient (Wildman–Crippen LogP) is 13.7. The summed E-state index contributed by atoms with van der Waals surface area (Å²) in [6.45, 7) is 4.21. The highest BCUT2D eigenvalue weighted by molar-refractivity contribution is 5.76. The molecule has 0 bridgehead atoms. The molecule has 4 nitrogen and oxygen atoms in total. The number of unbranched alkanes of at least 4 members (excludes halogenated alkanes) is 24. The first-order valence-corrected chi connectivity index (χ1v) is 22.0. The van der Waals surface area contributed by atoms with E-state index in [0.29, 0.717) is 6.42 Å². The average Bonchev–Trinajstić information content (AvgIpc) is 3.13. The van der Waals surface area contributed by atoms with Crippen LogP contribution >= 0.6 is 0 Å². The van der Waals surface area contributed by atoms with Gasteiger partial charge in [-0.1, -0.05) is 203 Å². The lowest BCUT2D eigenvalue weighted by atomic mass is 10.0. The first kappa shape index (κ1) is 49.1. The molecule has 2 atom stereocenters. The summed E-state index contributed by atoms with van der Waals surface area (Å²) in [5.41, 5.74) is 0. The summed E-state index contributed by atoms with van der Waals surface area (Å²) in [7, 11) is 0. The van der Waals surface area contributed by atoms with Gasteiger partial charge in [-0.15, -0.1) is 0 Å². The molecule has 2 unspecified atom stereocenters. The number of carbonyl (C=O) groups excluding carboxylic acids is 1. The first-order valence-electron chi connectivity index (χ1n) is 22.0. The van der Waals surface area contributed by atoms with Gasteiger partial charge in [0.05, 0.1) is 18.8 Å². The zero-order valence-electron chi connectivity index (χ0n) is 33.9. The molecule has 0 aliphatic carbocycles. The van der Waals surface area contributed by atoms with Crippen LogP contribution in [0.4, 0.5) is 0 Å². The molecular formula is C47H85NO3. The number of amides is 1. The maximum absolute atomic E-state index is 12.3. The molecule has 1 amide bonds. The molecule has 4 heteroatoms. The Morgan fingerprint density at radius 2 is 0.843 bits per heavy atom. The van der Waals surface area contributed by atoms with E-state index in [9.17, 15) is 15.0 Å². The fourth-order valence-corrected chi connectivity index (χ4v) is 6.30. The van der Waals surface area contributed by atoms with Crippen LogP contribution < -0.4 is 5.32 Å². The van der Waals surface area contributed by atoms with Crippen molar-refractivity contribution in [2.24, 2.45) is 0 Å². The van der Waals surface area contributed by atoms with E-state index in [1.807, 2.05) is 6.08 Å². The highest BCUT2D eigenvalue weighted by Crippen LogP contribution is 2.15. The van der Waals surface area contributed by atoms with Gasteiger partial charge in [-0.2, -0.15) is 0 Å². The lowest BCUT2D eigenvalue weighted by Crippen LogP contribution is -2.45. The van der Waals surface area contributed by atoms with Crippen LogP contribution in [0.5, 0.6) is 0 Å². The number of aliphatic hydroxyl groups excluding tert-OH is 2. The minimum absolute atomic E-state index is 0.0790. The Balaban J connectivity index is 3.47. The molecule has 0 heterocycles. The molecule has 0 saturated heterocycles. The predicted molar refractivity (Wildman–Crippen MR) is 225 cm³/mol. The Labute approximate surface area is 317 Å². The molecule has 0 fully saturated rings.